The van der Waals surface area contributed by atoms with Crippen LogP contribution in [-0.2, 0) is 16.4 Å². The lowest BCUT2D eigenvalue weighted by molar-refractivity contribution is 0.306. The molecule has 2 aromatic rings. The van der Waals surface area contributed by atoms with Crippen molar-refractivity contribution in [3.63, 3.8) is 0 Å². The van der Waals surface area contributed by atoms with Gasteiger partial charge < -0.3 is 10.5 Å². The summed E-state index contributed by atoms with van der Waals surface area (Å²) in [5.74, 6) is 0.671. The normalized spacial score (nSPS) is 11.1. The van der Waals surface area contributed by atoms with E-state index in [1.165, 1.54) is 6.26 Å². The van der Waals surface area contributed by atoms with Crippen molar-refractivity contribution in [3.8, 4) is 5.75 Å². The van der Waals surface area contributed by atoms with E-state index >= 15 is 0 Å². The van der Waals surface area contributed by atoms with Gasteiger partial charge in [-0.25, -0.2) is 8.42 Å². The van der Waals surface area contributed by atoms with Crippen molar-refractivity contribution in [2.24, 2.45) is 5.73 Å². The SMILES string of the molecule is CS(=O)(=O)c1ccc(COc2ccc(C(=N)N)cc2)cc1. The van der Waals surface area contributed by atoms with Crippen molar-refractivity contribution in [1.29, 1.82) is 5.41 Å². The molecule has 0 aromatic heterocycles. The first kappa shape index (κ1) is 15.1. The van der Waals surface area contributed by atoms with Gasteiger partial charge in [-0.3, -0.25) is 5.41 Å². The predicted octanol–water partition coefficient (Wildman–Crippen LogP) is 1.95. The Kier molecular flexibility index (Phi) is 4.28. The second-order valence-electron chi connectivity index (χ2n) is 4.64. The largest absolute Gasteiger partial charge is 0.489 e. The number of amidine groups is 1. The first-order chi connectivity index (χ1) is 9.86. The van der Waals surface area contributed by atoms with Crippen LogP contribution in [0.15, 0.2) is 53.4 Å². The fourth-order valence-corrected chi connectivity index (χ4v) is 2.36. The van der Waals surface area contributed by atoms with Gasteiger partial charge in [-0.2, -0.15) is 0 Å². The van der Waals surface area contributed by atoms with Crippen molar-refractivity contribution in [1.82, 2.24) is 0 Å². The molecule has 0 saturated heterocycles. The lowest BCUT2D eigenvalue weighted by Gasteiger charge is -2.07. The zero-order chi connectivity index (χ0) is 15.5. The minimum Gasteiger partial charge on any atom is -0.489 e. The first-order valence-corrected chi connectivity index (χ1v) is 8.11. The van der Waals surface area contributed by atoms with Gasteiger partial charge in [0, 0.05) is 11.8 Å². The molecule has 0 aliphatic carbocycles. The predicted molar refractivity (Wildman–Crippen MR) is 81.3 cm³/mol. The summed E-state index contributed by atoms with van der Waals surface area (Å²) >= 11 is 0. The number of nitrogens with two attached hydrogens (primary N) is 1. The van der Waals surface area contributed by atoms with Gasteiger partial charge in [0.15, 0.2) is 9.84 Å². The third-order valence-electron chi connectivity index (χ3n) is 2.92. The Bertz CT molecular complexity index is 735. The minimum absolute atomic E-state index is 0.0120. The molecule has 0 saturated carbocycles. The summed E-state index contributed by atoms with van der Waals surface area (Å²) in [7, 11) is -3.17. The van der Waals surface area contributed by atoms with Crippen molar-refractivity contribution in [2.75, 3.05) is 6.26 Å². The molecule has 0 unspecified atom stereocenters. The molecule has 0 amide bonds. The van der Waals surface area contributed by atoms with E-state index < -0.39 is 9.84 Å². The highest BCUT2D eigenvalue weighted by molar-refractivity contribution is 7.90. The zero-order valence-corrected chi connectivity index (χ0v) is 12.4. The number of rotatable bonds is 5. The van der Waals surface area contributed by atoms with Crippen molar-refractivity contribution < 1.29 is 13.2 Å². The van der Waals surface area contributed by atoms with Gasteiger partial charge in [0.1, 0.15) is 18.2 Å². The molecular weight excluding hydrogens is 288 g/mol. The number of hydrogen-bond acceptors (Lipinski definition) is 4. The topological polar surface area (TPSA) is 93.2 Å². The van der Waals surface area contributed by atoms with E-state index in [1.54, 1.807) is 48.5 Å². The number of sulfone groups is 1. The van der Waals surface area contributed by atoms with Gasteiger partial charge in [-0.05, 0) is 42.0 Å². The van der Waals surface area contributed by atoms with Gasteiger partial charge in [0.2, 0.25) is 0 Å². The fraction of sp³-hybridized carbons (Fsp3) is 0.133. The Morgan fingerprint density at radius 1 is 1.10 bits per heavy atom. The quantitative estimate of drug-likeness (QED) is 0.652. The number of nitrogens with one attached hydrogen (secondary N) is 1. The number of benzene rings is 2. The van der Waals surface area contributed by atoms with E-state index in [2.05, 4.69) is 0 Å². The molecule has 0 aliphatic rings. The molecule has 0 radical (unpaired) electrons. The summed E-state index contributed by atoms with van der Waals surface area (Å²) in [5.41, 5.74) is 6.88. The average molecular weight is 304 g/mol. The Balaban J connectivity index is 2.01. The summed E-state index contributed by atoms with van der Waals surface area (Å²) in [6, 6.07) is 13.5. The molecular formula is C15H16N2O3S. The molecule has 3 N–H and O–H groups in total. The second kappa shape index (κ2) is 5.97. The van der Waals surface area contributed by atoms with Crippen LogP contribution in [0.2, 0.25) is 0 Å². The minimum atomic E-state index is -3.17. The second-order valence-corrected chi connectivity index (χ2v) is 6.66. The molecule has 5 nitrogen and oxygen atoms in total. The van der Waals surface area contributed by atoms with Crippen LogP contribution < -0.4 is 10.5 Å². The maximum Gasteiger partial charge on any atom is 0.175 e. The summed E-state index contributed by atoms with van der Waals surface area (Å²) in [6.07, 6.45) is 1.18. The van der Waals surface area contributed by atoms with Crippen LogP contribution in [0.3, 0.4) is 0 Å². The molecule has 2 aromatic carbocycles. The number of hydrogen-bond donors (Lipinski definition) is 2. The first-order valence-electron chi connectivity index (χ1n) is 6.22. The highest BCUT2D eigenvalue weighted by Gasteiger charge is 2.06. The molecule has 21 heavy (non-hydrogen) atoms. The summed E-state index contributed by atoms with van der Waals surface area (Å²) < 4.78 is 28.3. The molecule has 6 heteroatoms. The fourth-order valence-electron chi connectivity index (χ4n) is 1.73. The Morgan fingerprint density at radius 2 is 1.67 bits per heavy atom. The molecule has 2 rings (SSSR count). The van der Waals surface area contributed by atoms with Gasteiger partial charge in [-0.15, -0.1) is 0 Å². The zero-order valence-electron chi connectivity index (χ0n) is 11.5. The Hall–Kier alpha value is -2.34. The third kappa shape index (κ3) is 4.06. The van der Waals surface area contributed by atoms with Crippen molar-refractivity contribution in [2.45, 2.75) is 11.5 Å². The van der Waals surface area contributed by atoms with Crippen LogP contribution in [0.5, 0.6) is 5.75 Å². The molecule has 0 fully saturated rings. The van der Waals surface area contributed by atoms with E-state index in [9.17, 15) is 8.42 Å². The molecule has 0 spiro atoms. The van der Waals surface area contributed by atoms with Gasteiger partial charge in [-0.1, -0.05) is 12.1 Å². The maximum atomic E-state index is 11.4. The molecule has 0 atom stereocenters. The van der Waals surface area contributed by atoms with Gasteiger partial charge in [0.05, 0.1) is 4.90 Å². The standard InChI is InChI=1S/C15H16N2O3S/c1-21(18,19)14-8-2-11(3-9-14)10-20-13-6-4-12(5-7-13)15(16)17/h2-9H,10H2,1H3,(H3,16,17). The highest BCUT2D eigenvalue weighted by Crippen LogP contribution is 2.15. The third-order valence-corrected chi connectivity index (χ3v) is 4.05. The lowest BCUT2D eigenvalue weighted by atomic mass is 10.2. The van der Waals surface area contributed by atoms with Crippen LogP contribution in [0.25, 0.3) is 0 Å². The maximum absolute atomic E-state index is 11.4. The summed E-state index contributed by atoms with van der Waals surface area (Å²) in [6.45, 7) is 0.337. The van der Waals surface area contributed by atoms with Gasteiger partial charge in [0.25, 0.3) is 0 Å². The Labute approximate surface area is 123 Å². The molecule has 0 heterocycles. The van der Waals surface area contributed by atoms with Crippen LogP contribution in [0.1, 0.15) is 11.1 Å². The van der Waals surface area contributed by atoms with E-state index in [-0.39, 0.29) is 10.7 Å². The van der Waals surface area contributed by atoms with Crippen LogP contribution in [0.4, 0.5) is 0 Å². The number of ether oxygens (including phenoxy) is 1. The van der Waals surface area contributed by atoms with E-state index in [1.807, 2.05) is 0 Å². The van der Waals surface area contributed by atoms with E-state index in [4.69, 9.17) is 15.9 Å². The van der Waals surface area contributed by atoms with E-state index in [0.29, 0.717) is 17.9 Å². The summed E-state index contributed by atoms with van der Waals surface area (Å²) in [5, 5.41) is 7.30. The molecule has 110 valence electrons. The lowest BCUT2D eigenvalue weighted by Crippen LogP contribution is -2.10. The van der Waals surface area contributed by atoms with E-state index in [0.717, 1.165) is 5.56 Å². The summed E-state index contributed by atoms with van der Waals surface area (Å²) in [4.78, 5) is 0.289. The van der Waals surface area contributed by atoms with Gasteiger partial charge >= 0.3 is 0 Å². The monoisotopic (exact) mass is 304 g/mol. The average Bonchev–Trinajstić information content (AvgIpc) is 2.45. The van der Waals surface area contributed by atoms with Crippen LogP contribution in [-0.4, -0.2) is 20.5 Å². The Morgan fingerprint density at radius 3 is 2.14 bits per heavy atom. The van der Waals surface area contributed by atoms with Crippen LogP contribution in [0, 0.1) is 5.41 Å². The molecule has 0 bridgehead atoms. The van der Waals surface area contributed by atoms with Crippen molar-refractivity contribution in [3.05, 3.63) is 59.7 Å². The van der Waals surface area contributed by atoms with Crippen LogP contribution >= 0.6 is 0 Å². The number of nitrogen functional groups attached to an aromatic ring is 1. The van der Waals surface area contributed by atoms with Crippen molar-refractivity contribution >= 4 is 15.7 Å². The molecule has 0 aliphatic heterocycles. The highest BCUT2D eigenvalue weighted by atomic mass is 32.2. The smallest absolute Gasteiger partial charge is 0.175 e.